The van der Waals surface area contributed by atoms with Crippen LogP contribution in [-0.2, 0) is 7.05 Å². The summed E-state index contributed by atoms with van der Waals surface area (Å²) in [7, 11) is 1.91. The summed E-state index contributed by atoms with van der Waals surface area (Å²) in [6, 6.07) is 11.8. The Morgan fingerprint density at radius 2 is 1.90 bits per heavy atom. The first-order valence-electron chi connectivity index (χ1n) is 9.96. The van der Waals surface area contributed by atoms with E-state index in [1.54, 1.807) is 18.2 Å². The number of rotatable bonds is 5. The van der Waals surface area contributed by atoms with Crippen LogP contribution in [-0.4, -0.2) is 67.7 Å². The van der Waals surface area contributed by atoms with Crippen LogP contribution in [0.2, 0.25) is 0 Å². The summed E-state index contributed by atoms with van der Waals surface area (Å²) < 4.78 is 3.44. The molecule has 0 spiro atoms. The minimum absolute atomic E-state index is 0.0432. The van der Waals surface area contributed by atoms with Crippen molar-refractivity contribution < 1.29 is 9.72 Å². The van der Waals surface area contributed by atoms with Crippen LogP contribution in [0, 0.1) is 10.1 Å². The maximum Gasteiger partial charge on any atom is 0.272 e. The predicted octanol–water partition coefficient (Wildman–Crippen LogP) is 2.56. The molecule has 1 aliphatic rings. The zero-order chi connectivity index (χ0) is 21.3. The highest BCUT2D eigenvalue weighted by atomic mass is 16.6. The van der Waals surface area contributed by atoms with Crippen LogP contribution >= 0.6 is 0 Å². The number of carbonyl (C=O) groups is 1. The maximum atomic E-state index is 13.4. The van der Waals surface area contributed by atoms with E-state index in [0.717, 1.165) is 25.3 Å². The monoisotopic (exact) mass is 408 g/mol. The van der Waals surface area contributed by atoms with Gasteiger partial charge in [-0.2, -0.15) is 5.10 Å². The number of likely N-dealkylation sites (N-methyl/N-ethyl adjacent to an activating group) is 1. The first-order chi connectivity index (χ1) is 14.5. The number of nitro benzene ring substituents is 1. The molecule has 4 rings (SSSR count). The molecular formula is C21H24N6O3. The van der Waals surface area contributed by atoms with E-state index in [1.165, 1.54) is 16.8 Å². The average molecular weight is 408 g/mol. The van der Waals surface area contributed by atoms with Crippen LogP contribution in [0.1, 0.15) is 17.4 Å². The van der Waals surface area contributed by atoms with Crippen LogP contribution < -0.4 is 0 Å². The first-order valence-corrected chi connectivity index (χ1v) is 9.96. The number of aryl methyl sites for hydroxylation is 1. The highest BCUT2D eigenvalue weighted by Crippen LogP contribution is 2.25. The maximum absolute atomic E-state index is 13.4. The Labute approximate surface area is 174 Å². The van der Waals surface area contributed by atoms with Gasteiger partial charge in [0, 0.05) is 51.6 Å². The third kappa shape index (κ3) is 3.71. The second-order valence-corrected chi connectivity index (χ2v) is 7.33. The van der Waals surface area contributed by atoms with Gasteiger partial charge in [0.25, 0.3) is 11.6 Å². The van der Waals surface area contributed by atoms with E-state index in [9.17, 15) is 14.9 Å². The van der Waals surface area contributed by atoms with Gasteiger partial charge in [0.05, 0.1) is 16.3 Å². The molecule has 0 saturated carbocycles. The number of hydrogen-bond donors (Lipinski definition) is 0. The minimum atomic E-state index is -0.448. The van der Waals surface area contributed by atoms with Gasteiger partial charge in [0.2, 0.25) is 0 Å². The molecule has 0 unspecified atom stereocenters. The van der Waals surface area contributed by atoms with Crippen molar-refractivity contribution >= 4 is 11.6 Å². The molecule has 9 nitrogen and oxygen atoms in total. The Kier molecular flexibility index (Phi) is 5.37. The molecule has 0 bridgehead atoms. The van der Waals surface area contributed by atoms with Crippen LogP contribution in [0.5, 0.6) is 0 Å². The fourth-order valence-corrected chi connectivity index (χ4v) is 3.75. The summed E-state index contributed by atoms with van der Waals surface area (Å²) in [5, 5.41) is 15.9. The van der Waals surface area contributed by atoms with Crippen LogP contribution in [0.3, 0.4) is 0 Å². The smallest absolute Gasteiger partial charge is 0.272 e. The lowest BCUT2D eigenvalue weighted by Crippen LogP contribution is -2.48. The Morgan fingerprint density at radius 1 is 1.13 bits per heavy atom. The number of amides is 1. The van der Waals surface area contributed by atoms with E-state index in [1.807, 2.05) is 34.8 Å². The van der Waals surface area contributed by atoms with Gasteiger partial charge >= 0.3 is 0 Å². The number of benzene rings is 1. The number of nitrogens with zero attached hydrogens (tertiary/aromatic N) is 6. The van der Waals surface area contributed by atoms with Gasteiger partial charge in [-0.1, -0.05) is 13.0 Å². The molecule has 3 heterocycles. The van der Waals surface area contributed by atoms with Gasteiger partial charge in [0.1, 0.15) is 11.4 Å². The summed E-state index contributed by atoms with van der Waals surface area (Å²) >= 11 is 0. The molecule has 1 saturated heterocycles. The Bertz CT molecular complexity index is 1080. The Hall–Kier alpha value is -3.46. The van der Waals surface area contributed by atoms with Gasteiger partial charge in [-0.05, 0) is 30.8 Å². The number of non-ortho nitro benzene ring substituents is 1. The Morgan fingerprint density at radius 3 is 2.53 bits per heavy atom. The number of nitro groups is 1. The normalized spacial score (nSPS) is 14.8. The number of hydrogen-bond acceptors (Lipinski definition) is 5. The molecule has 156 valence electrons. The zero-order valence-electron chi connectivity index (χ0n) is 17.1. The first kappa shape index (κ1) is 19.8. The molecule has 0 aliphatic carbocycles. The Balaban J connectivity index is 1.76. The molecule has 3 aromatic rings. The molecule has 1 aliphatic heterocycles. The van der Waals surface area contributed by atoms with E-state index in [-0.39, 0.29) is 11.6 Å². The van der Waals surface area contributed by atoms with Crippen molar-refractivity contribution in [2.75, 3.05) is 32.7 Å². The van der Waals surface area contributed by atoms with Crippen molar-refractivity contribution in [3.05, 3.63) is 64.5 Å². The second-order valence-electron chi connectivity index (χ2n) is 7.33. The molecule has 1 amide bonds. The quantitative estimate of drug-likeness (QED) is 0.478. The summed E-state index contributed by atoms with van der Waals surface area (Å²) in [6.07, 6.45) is 1.91. The number of carbonyl (C=O) groups excluding carboxylic acids is 1. The van der Waals surface area contributed by atoms with E-state index in [4.69, 9.17) is 0 Å². The van der Waals surface area contributed by atoms with E-state index < -0.39 is 4.92 Å². The third-order valence-corrected chi connectivity index (χ3v) is 5.53. The lowest BCUT2D eigenvalue weighted by atomic mass is 10.2. The highest BCUT2D eigenvalue weighted by molar-refractivity contribution is 5.94. The van der Waals surface area contributed by atoms with Gasteiger partial charge < -0.3 is 14.4 Å². The topological polar surface area (TPSA) is 89.4 Å². The van der Waals surface area contributed by atoms with Crippen molar-refractivity contribution in [1.82, 2.24) is 24.1 Å². The molecule has 0 N–H and O–H groups in total. The van der Waals surface area contributed by atoms with Crippen molar-refractivity contribution in [2.24, 2.45) is 7.05 Å². The highest BCUT2D eigenvalue weighted by Gasteiger charge is 2.26. The average Bonchev–Trinajstić information content (AvgIpc) is 3.39. The molecule has 2 aromatic heterocycles. The molecular weight excluding hydrogens is 384 g/mol. The van der Waals surface area contributed by atoms with E-state index >= 15 is 0 Å². The third-order valence-electron chi connectivity index (χ3n) is 5.53. The summed E-state index contributed by atoms with van der Waals surface area (Å²) in [6.45, 7) is 6.03. The molecule has 9 heteroatoms. The largest absolute Gasteiger partial charge is 0.349 e. The van der Waals surface area contributed by atoms with Gasteiger partial charge in [-0.25, -0.2) is 4.68 Å². The van der Waals surface area contributed by atoms with E-state index in [2.05, 4.69) is 16.9 Å². The molecule has 1 fully saturated rings. The lowest BCUT2D eigenvalue weighted by molar-refractivity contribution is -0.384. The SMILES string of the molecule is CCN1CCN(C(=O)c2cc(-c3cccn3C)nn2-c2cccc([N+](=O)[O-])c2)CC1. The van der Waals surface area contributed by atoms with Gasteiger partial charge in [-0.3, -0.25) is 14.9 Å². The predicted molar refractivity (Wildman–Crippen MR) is 113 cm³/mol. The molecule has 0 radical (unpaired) electrons. The van der Waals surface area contributed by atoms with Crippen molar-refractivity contribution in [1.29, 1.82) is 0 Å². The zero-order valence-corrected chi connectivity index (χ0v) is 17.1. The lowest BCUT2D eigenvalue weighted by Gasteiger charge is -2.34. The van der Waals surface area contributed by atoms with Gasteiger partial charge in [-0.15, -0.1) is 0 Å². The van der Waals surface area contributed by atoms with Crippen molar-refractivity contribution in [3.8, 4) is 17.1 Å². The number of piperazine rings is 1. The minimum Gasteiger partial charge on any atom is -0.349 e. The summed E-state index contributed by atoms with van der Waals surface area (Å²) in [5.41, 5.74) is 2.35. The second kappa shape index (κ2) is 8.11. The van der Waals surface area contributed by atoms with Crippen LogP contribution in [0.4, 0.5) is 5.69 Å². The number of aromatic nitrogens is 3. The molecule has 0 atom stereocenters. The van der Waals surface area contributed by atoms with Crippen molar-refractivity contribution in [2.45, 2.75) is 6.92 Å². The van der Waals surface area contributed by atoms with Crippen LogP contribution in [0.25, 0.3) is 17.1 Å². The summed E-state index contributed by atoms with van der Waals surface area (Å²) in [5.74, 6) is -0.120. The fraction of sp³-hybridized carbons (Fsp3) is 0.333. The molecule has 1 aromatic carbocycles. The van der Waals surface area contributed by atoms with Crippen molar-refractivity contribution in [3.63, 3.8) is 0 Å². The standard InChI is InChI=1S/C21H24N6O3/c1-3-24-10-12-25(13-11-24)21(28)20-15-18(19-8-5-9-23(19)2)22-26(20)16-6-4-7-17(14-16)27(29)30/h4-9,14-15H,3,10-13H2,1-2H3. The molecule has 30 heavy (non-hydrogen) atoms. The summed E-state index contributed by atoms with van der Waals surface area (Å²) in [4.78, 5) is 28.3. The van der Waals surface area contributed by atoms with Crippen LogP contribution in [0.15, 0.2) is 48.7 Å². The van der Waals surface area contributed by atoms with Gasteiger partial charge in [0.15, 0.2) is 0 Å². The fourth-order valence-electron chi connectivity index (χ4n) is 3.75. The van der Waals surface area contributed by atoms with E-state index in [0.29, 0.717) is 30.2 Å².